The molecule has 6 nitrogen and oxygen atoms in total. The molecule has 0 radical (unpaired) electrons. The summed E-state index contributed by atoms with van der Waals surface area (Å²) >= 11 is 6.32. The molecule has 2 amide bonds. The van der Waals surface area contributed by atoms with Crippen molar-refractivity contribution in [1.82, 2.24) is 10.2 Å². The quantitative estimate of drug-likeness (QED) is 0.423. The Morgan fingerprint density at radius 3 is 2.38 bits per heavy atom. The van der Waals surface area contributed by atoms with E-state index in [1.165, 1.54) is 20.0 Å². The summed E-state index contributed by atoms with van der Waals surface area (Å²) < 4.78 is 5.36. The molecule has 1 aromatic carbocycles. The number of amides is 2. The van der Waals surface area contributed by atoms with Gasteiger partial charge in [0.25, 0.3) is 5.91 Å². The molecule has 0 aliphatic heterocycles. The number of nitrogens with zero attached hydrogens (tertiary/aromatic N) is 1. The number of likely N-dealkylation sites (N-methyl/N-ethyl adjacent to an activating group) is 1. The smallest absolute Gasteiger partial charge is 0.255 e. The summed E-state index contributed by atoms with van der Waals surface area (Å²) in [4.78, 5) is 27.0. The van der Waals surface area contributed by atoms with E-state index in [0.717, 1.165) is 38.9 Å². The van der Waals surface area contributed by atoms with Crippen LogP contribution in [0.2, 0.25) is 5.02 Å². The molecule has 1 rings (SSSR count). The van der Waals surface area contributed by atoms with Crippen molar-refractivity contribution in [3.63, 3.8) is 0 Å². The van der Waals surface area contributed by atoms with Gasteiger partial charge in [-0.05, 0) is 25.6 Å². The van der Waals surface area contributed by atoms with E-state index >= 15 is 0 Å². The number of carbonyl (C=O) groups is 2. The Labute approximate surface area is 180 Å². The number of benzene rings is 1. The lowest BCUT2D eigenvalue weighted by Gasteiger charge is -2.18. The first-order chi connectivity index (χ1) is 14.0. The van der Waals surface area contributed by atoms with Gasteiger partial charge >= 0.3 is 0 Å². The van der Waals surface area contributed by atoms with Crippen LogP contribution in [-0.4, -0.2) is 50.0 Å². The number of ether oxygens (including phenoxy) is 1. The molecular weight excluding hydrogens is 390 g/mol. The summed E-state index contributed by atoms with van der Waals surface area (Å²) in [6, 6.07) is 3.15. The number of anilines is 1. The number of hydrogen-bond donors (Lipinski definition) is 2. The molecule has 29 heavy (non-hydrogen) atoms. The van der Waals surface area contributed by atoms with E-state index in [-0.39, 0.29) is 11.8 Å². The fraction of sp³-hybridized carbons (Fsp3) is 0.636. The van der Waals surface area contributed by atoms with Gasteiger partial charge in [-0.15, -0.1) is 0 Å². The summed E-state index contributed by atoms with van der Waals surface area (Å²) in [5.41, 5.74) is 0.816. The number of nitrogens with one attached hydrogen (secondary N) is 2. The molecule has 164 valence electrons. The number of carbonyl (C=O) groups excluding carboxylic acids is 2. The van der Waals surface area contributed by atoms with Gasteiger partial charge in [-0.25, -0.2) is 0 Å². The molecule has 0 heterocycles. The highest BCUT2D eigenvalue weighted by Gasteiger charge is 2.17. The highest BCUT2D eigenvalue weighted by atomic mass is 35.5. The fourth-order valence-corrected chi connectivity index (χ4v) is 3.27. The molecule has 0 aliphatic carbocycles. The van der Waals surface area contributed by atoms with Crippen molar-refractivity contribution in [2.45, 2.75) is 59.3 Å². The van der Waals surface area contributed by atoms with Crippen LogP contribution in [0.5, 0.6) is 5.75 Å². The molecule has 0 bridgehead atoms. The van der Waals surface area contributed by atoms with Crippen LogP contribution in [0, 0.1) is 0 Å². The van der Waals surface area contributed by atoms with Crippen molar-refractivity contribution < 1.29 is 14.3 Å². The van der Waals surface area contributed by atoms with E-state index in [2.05, 4.69) is 36.3 Å². The molecule has 0 fully saturated rings. The van der Waals surface area contributed by atoms with Gasteiger partial charge in [0.15, 0.2) is 0 Å². The zero-order valence-electron chi connectivity index (χ0n) is 18.3. The lowest BCUT2D eigenvalue weighted by Crippen LogP contribution is -2.34. The Bertz CT molecular complexity index is 648. The third kappa shape index (κ3) is 9.05. The van der Waals surface area contributed by atoms with Crippen molar-refractivity contribution >= 4 is 29.1 Å². The van der Waals surface area contributed by atoms with Crippen molar-refractivity contribution in [1.29, 1.82) is 0 Å². The van der Waals surface area contributed by atoms with Crippen molar-refractivity contribution in [3.05, 3.63) is 22.7 Å². The molecular formula is C22H36ClN3O3. The van der Waals surface area contributed by atoms with Gasteiger partial charge in [0.05, 0.1) is 23.4 Å². The highest BCUT2D eigenvalue weighted by Crippen LogP contribution is 2.31. The first-order valence-corrected chi connectivity index (χ1v) is 11.0. The van der Waals surface area contributed by atoms with Gasteiger partial charge in [-0.1, -0.05) is 58.1 Å². The average molecular weight is 426 g/mol. The van der Waals surface area contributed by atoms with E-state index in [1.54, 1.807) is 12.1 Å². The molecule has 0 saturated carbocycles. The predicted octanol–water partition coefficient (Wildman–Crippen LogP) is 4.72. The van der Waals surface area contributed by atoms with Gasteiger partial charge in [0.1, 0.15) is 5.75 Å². The minimum Gasteiger partial charge on any atom is -0.496 e. The Morgan fingerprint density at radius 1 is 1.07 bits per heavy atom. The van der Waals surface area contributed by atoms with Gasteiger partial charge < -0.3 is 20.3 Å². The van der Waals surface area contributed by atoms with Crippen LogP contribution < -0.4 is 15.4 Å². The van der Waals surface area contributed by atoms with E-state index in [0.29, 0.717) is 35.0 Å². The minimum atomic E-state index is -0.246. The van der Waals surface area contributed by atoms with Crippen LogP contribution in [0.25, 0.3) is 0 Å². The molecule has 2 N–H and O–H groups in total. The van der Waals surface area contributed by atoms with Gasteiger partial charge in [0, 0.05) is 25.6 Å². The molecule has 0 atom stereocenters. The fourth-order valence-electron chi connectivity index (χ4n) is 3.06. The lowest BCUT2D eigenvalue weighted by atomic mass is 10.1. The van der Waals surface area contributed by atoms with Gasteiger partial charge in [-0.3, -0.25) is 9.59 Å². The zero-order valence-corrected chi connectivity index (χ0v) is 19.0. The lowest BCUT2D eigenvalue weighted by molar-refractivity contribution is -0.116. The molecule has 7 heteroatoms. The Balaban J connectivity index is 2.68. The van der Waals surface area contributed by atoms with Crippen LogP contribution in [-0.2, 0) is 4.79 Å². The Morgan fingerprint density at radius 2 is 1.76 bits per heavy atom. The van der Waals surface area contributed by atoms with E-state index < -0.39 is 0 Å². The molecule has 0 saturated heterocycles. The highest BCUT2D eigenvalue weighted by molar-refractivity contribution is 6.34. The Hall–Kier alpha value is -1.79. The van der Waals surface area contributed by atoms with E-state index in [1.807, 2.05) is 0 Å². The summed E-state index contributed by atoms with van der Waals surface area (Å²) in [5, 5.41) is 6.04. The SMILES string of the molecule is CCCCCCCC(=O)Nc1cc(OC)c(C(=O)NCCN(CC)CC)cc1Cl. The maximum Gasteiger partial charge on any atom is 0.255 e. The number of halogens is 1. The minimum absolute atomic E-state index is 0.0816. The van der Waals surface area contributed by atoms with E-state index in [9.17, 15) is 9.59 Å². The topological polar surface area (TPSA) is 70.7 Å². The average Bonchev–Trinajstić information content (AvgIpc) is 2.72. The van der Waals surface area contributed by atoms with Gasteiger partial charge in [-0.2, -0.15) is 0 Å². The molecule has 1 aromatic rings. The summed E-state index contributed by atoms with van der Waals surface area (Å²) in [5.74, 6) is 0.0552. The van der Waals surface area contributed by atoms with Crippen LogP contribution in [0.15, 0.2) is 12.1 Å². The largest absolute Gasteiger partial charge is 0.496 e. The number of rotatable bonds is 14. The third-order valence-corrected chi connectivity index (χ3v) is 5.24. The molecule has 0 unspecified atom stereocenters. The maximum absolute atomic E-state index is 12.5. The maximum atomic E-state index is 12.5. The first-order valence-electron chi connectivity index (χ1n) is 10.6. The molecule has 0 aromatic heterocycles. The van der Waals surface area contributed by atoms with Crippen LogP contribution >= 0.6 is 11.6 Å². The summed E-state index contributed by atoms with van der Waals surface area (Å²) in [6.07, 6.45) is 5.88. The Kier molecular flexibility index (Phi) is 12.4. The molecule has 0 spiro atoms. The zero-order chi connectivity index (χ0) is 21.6. The van der Waals surface area contributed by atoms with E-state index in [4.69, 9.17) is 16.3 Å². The first kappa shape index (κ1) is 25.2. The second-order valence-corrected chi connectivity index (χ2v) is 7.43. The predicted molar refractivity (Wildman–Crippen MR) is 120 cm³/mol. The van der Waals surface area contributed by atoms with Crippen molar-refractivity contribution in [2.24, 2.45) is 0 Å². The second kappa shape index (κ2) is 14.2. The van der Waals surface area contributed by atoms with Crippen LogP contribution in [0.3, 0.4) is 0 Å². The van der Waals surface area contributed by atoms with Gasteiger partial charge in [0.2, 0.25) is 5.91 Å². The number of methoxy groups -OCH3 is 1. The van der Waals surface area contributed by atoms with Crippen LogP contribution in [0.1, 0.15) is 69.7 Å². The summed E-state index contributed by atoms with van der Waals surface area (Å²) in [7, 11) is 1.50. The number of hydrogen-bond acceptors (Lipinski definition) is 4. The third-order valence-electron chi connectivity index (χ3n) is 4.92. The monoisotopic (exact) mass is 425 g/mol. The van der Waals surface area contributed by atoms with Crippen molar-refractivity contribution in [3.8, 4) is 5.75 Å². The van der Waals surface area contributed by atoms with Crippen molar-refractivity contribution in [2.75, 3.05) is 38.6 Å². The summed E-state index contributed by atoms with van der Waals surface area (Å²) in [6.45, 7) is 9.54. The second-order valence-electron chi connectivity index (χ2n) is 7.03. The normalized spacial score (nSPS) is 10.8. The number of unbranched alkanes of at least 4 members (excludes halogenated alkanes) is 4. The standard InChI is InChI=1S/C22H36ClN3O3/c1-5-8-9-10-11-12-21(27)25-19-16-20(29-4)17(15-18(19)23)22(28)24-13-14-26(6-2)7-3/h15-16H,5-14H2,1-4H3,(H,24,28)(H,25,27). The van der Waals surface area contributed by atoms with Crippen LogP contribution in [0.4, 0.5) is 5.69 Å². The molecule has 0 aliphatic rings.